The maximum atomic E-state index is 12.0. The van der Waals surface area contributed by atoms with Crippen molar-refractivity contribution >= 4 is 33.5 Å². The molecule has 0 radical (unpaired) electrons. The minimum Gasteiger partial charge on any atom is -0.461 e. The molecule has 38 heavy (non-hydrogen) atoms. The van der Waals surface area contributed by atoms with Crippen LogP contribution in [0.15, 0.2) is 85.5 Å². The number of pyridine rings is 4. The molecule has 194 valence electrons. The SMILES string of the molecule is O=C(CCSSCCC(=O)OCc1ccc(-c2ccccn2)nc1)OCc1ccc(-c2ccccn2)nc1. The number of hydrogen-bond donors (Lipinski definition) is 0. The minimum absolute atomic E-state index is 0.180. The fourth-order valence-corrected chi connectivity index (χ4v) is 5.13. The first kappa shape index (κ1) is 27.3. The monoisotopic (exact) mass is 546 g/mol. The number of rotatable bonds is 13. The van der Waals surface area contributed by atoms with Crippen LogP contribution >= 0.6 is 21.6 Å². The summed E-state index contributed by atoms with van der Waals surface area (Å²) in [5.41, 5.74) is 4.76. The Labute approximate surface area is 229 Å². The zero-order valence-electron chi connectivity index (χ0n) is 20.6. The maximum Gasteiger partial charge on any atom is 0.306 e. The highest BCUT2D eigenvalue weighted by molar-refractivity contribution is 8.76. The van der Waals surface area contributed by atoms with E-state index in [0.717, 1.165) is 33.9 Å². The first-order valence-electron chi connectivity index (χ1n) is 12.0. The molecular weight excluding hydrogens is 520 g/mol. The van der Waals surface area contributed by atoms with E-state index in [1.54, 1.807) is 24.8 Å². The van der Waals surface area contributed by atoms with Gasteiger partial charge in [0, 0.05) is 47.4 Å². The van der Waals surface area contributed by atoms with Crippen LogP contribution in [0.3, 0.4) is 0 Å². The Bertz CT molecular complexity index is 1190. The van der Waals surface area contributed by atoms with Gasteiger partial charge in [0.2, 0.25) is 0 Å². The third-order valence-corrected chi connectivity index (χ3v) is 7.57. The minimum atomic E-state index is -0.269. The van der Waals surface area contributed by atoms with Crippen molar-refractivity contribution in [2.75, 3.05) is 11.5 Å². The van der Waals surface area contributed by atoms with Crippen LogP contribution in [0.4, 0.5) is 0 Å². The molecule has 0 fully saturated rings. The van der Waals surface area contributed by atoms with Crippen molar-refractivity contribution in [2.45, 2.75) is 26.1 Å². The summed E-state index contributed by atoms with van der Waals surface area (Å²) < 4.78 is 10.7. The summed E-state index contributed by atoms with van der Waals surface area (Å²) in [7, 11) is 3.06. The van der Waals surface area contributed by atoms with Crippen molar-refractivity contribution in [3.05, 3.63) is 96.6 Å². The van der Waals surface area contributed by atoms with E-state index < -0.39 is 0 Å². The van der Waals surface area contributed by atoms with E-state index in [4.69, 9.17) is 9.47 Å². The Hall–Kier alpha value is -3.76. The predicted octanol–water partition coefficient (Wildman–Crippen LogP) is 5.55. The second-order valence-electron chi connectivity index (χ2n) is 8.00. The summed E-state index contributed by atoms with van der Waals surface area (Å²) >= 11 is 0. The van der Waals surface area contributed by atoms with Crippen LogP contribution < -0.4 is 0 Å². The topological polar surface area (TPSA) is 104 Å². The van der Waals surface area contributed by atoms with Gasteiger partial charge in [-0.2, -0.15) is 0 Å². The van der Waals surface area contributed by atoms with Gasteiger partial charge < -0.3 is 9.47 Å². The van der Waals surface area contributed by atoms with Crippen LogP contribution in [0, 0.1) is 0 Å². The van der Waals surface area contributed by atoms with Crippen LogP contribution in [0.5, 0.6) is 0 Å². The Morgan fingerprint density at radius 1 is 0.579 bits per heavy atom. The van der Waals surface area contributed by atoms with Gasteiger partial charge in [0.05, 0.1) is 35.6 Å². The van der Waals surface area contributed by atoms with Crippen molar-refractivity contribution < 1.29 is 19.1 Å². The van der Waals surface area contributed by atoms with Crippen LogP contribution in [0.25, 0.3) is 22.8 Å². The standard InChI is InChI=1S/C28H26N4O4S2/c33-27(35-19-21-7-9-25(31-17-21)23-5-1-3-13-29-23)11-15-37-38-16-12-28(34)36-20-22-8-10-26(32-18-22)24-6-2-4-14-30-24/h1-10,13-14,17-18H,11-12,15-16,19-20H2. The predicted molar refractivity (Wildman–Crippen MR) is 149 cm³/mol. The van der Waals surface area contributed by atoms with E-state index in [2.05, 4.69) is 19.9 Å². The number of ether oxygens (including phenoxy) is 2. The first-order valence-corrected chi connectivity index (χ1v) is 14.4. The van der Waals surface area contributed by atoms with Crippen LogP contribution in [0.2, 0.25) is 0 Å². The Kier molecular flexibility index (Phi) is 10.7. The zero-order valence-corrected chi connectivity index (χ0v) is 22.2. The number of nitrogens with zero attached hydrogens (tertiary/aromatic N) is 4. The molecule has 0 aliphatic heterocycles. The summed E-state index contributed by atoms with van der Waals surface area (Å²) in [5, 5.41) is 0. The molecule has 0 unspecified atom stereocenters. The van der Waals surface area contributed by atoms with E-state index >= 15 is 0 Å². The molecule has 4 aromatic heterocycles. The van der Waals surface area contributed by atoms with Crippen molar-refractivity contribution in [3.8, 4) is 22.8 Å². The van der Waals surface area contributed by atoms with Gasteiger partial charge >= 0.3 is 11.9 Å². The van der Waals surface area contributed by atoms with Gasteiger partial charge in [-0.3, -0.25) is 29.5 Å². The molecule has 0 aromatic carbocycles. The smallest absolute Gasteiger partial charge is 0.306 e. The van der Waals surface area contributed by atoms with E-state index in [0.29, 0.717) is 24.3 Å². The van der Waals surface area contributed by atoms with Crippen LogP contribution in [-0.2, 0) is 32.3 Å². The summed E-state index contributed by atoms with van der Waals surface area (Å²) in [6.45, 7) is 0.360. The molecule has 0 spiro atoms. The lowest BCUT2D eigenvalue weighted by Gasteiger charge is -2.06. The third-order valence-electron chi connectivity index (χ3n) is 5.17. The lowest BCUT2D eigenvalue weighted by molar-refractivity contribution is -0.145. The third kappa shape index (κ3) is 8.97. The lowest BCUT2D eigenvalue weighted by atomic mass is 10.2. The fraction of sp³-hybridized carbons (Fsp3) is 0.214. The van der Waals surface area contributed by atoms with Crippen molar-refractivity contribution in [3.63, 3.8) is 0 Å². The highest BCUT2D eigenvalue weighted by atomic mass is 33.1. The second kappa shape index (κ2) is 14.8. The number of hydrogen-bond acceptors (Lipinski definition) is 10. The van der Waals surface area contributed by atoms with Crippen LogP contribution in [-0.4, -0.2) is 43.4 Å². The molecule has 0 atom stereocenters. The number of aromatic nitrogens is 4. The molecule has 0 amide bonds. The van der Waals surface area contributed by atoms with E-state index in [9.17, 15) is 9.59 Å². The van der Waals surface area contributed by atoms with Gasteiger partial charge in [-0.05, 0) is 36.4 Å². The number of carbonyl (C=O) groups is 2. The highest BCUT2D eigenvalue weighted by Gasteiger charge is 2.08. The molecule has 4 rings (SSSR count). The quantitative estimate of drug-likeness (QED) is 0.120. The summed E-state index contributed by atoms with van der Waals surface area (Å²) in [4.78, 5) is 41.3. The first-order chi connectivity index (χ1) is 18.7. The van der Waals surface area contributed by atoms with Gasteiger partial charge in [-0.1, -0.05) is 45.9 Å². The summed E-state index contributed by atoms with van der Waals surface area (Å²) in [5.74, 6) is 0.663. The summed E-state index contributed by atoms with van der Waals surface area (Å²) in [6, 6.07) is 18.8. The zero-order chi connectivity index (χ0) is 26.4. The molecule has 0 saturated carbocycles. The molecule has 0 aliphatic rings. The van der Waals surface area contributed by atoms with Crippen molar-refractivity contribution in [1.29, 1.82) is 0 Å². The fourth-order valence-electron chi connectivity index (χ4n) is 3.19. The molecule has 0 N–H and O–H groups in total. The van der Waals surface area contributed by atoms with E-state index in [1.807, 2.05) is 60.7 Å². The highest BCUT2D eigenvalue weighted by Crippen LogP contribution is 2.23. The average Bonchev–Trinajstić information content (AvgIpc) is 2.98. The average molecular weight is 547 g/mol. The van der Waals surface area contributed by atoms with Gasteiger partial charge in [0.15, 0.2) is 0 Å². The molecular formula is C28H26N4O4S2. The Morgan fingerprint density at radius 2 is 1.03 bits per heavy atom. The molecule has 4 heterocycles. The summed E-state index contributed by atoms with van der Waals surface area (Å²) in [6.07, 6.45) is 7.41. The normalized spacial score (nSPS) is 10.6. The number of carbonyl (C=O) groups excluding carboxylic acids is 2. The van der Waals surface area contributed by atoms with Crippen molar-refractivity contribution in [2.24, 2.45) is 0 Å². The molecule has 0 saturated heterocycles. The van der Waals surface area contributed by atoms with Gasteiger partial charge in [0.25, 0.3) is 0 Å². The Balaban J connectivity index is 1.04. The lowest BCUT2D eigenvalue weighted by Crippen LogP contribution is -2.06. The number of esters is 2. The second-order valence-corrected chi connectivity index (χ2v) is 10.7. The van der Waals surface area contributed by atoms with Crippen molar-refractivity contribution in [1.82, 2.24) is 19.9 Å². The largest absolute Gasteiger partial charge is 0.461 e. The molecule has 4 aromatic rings. The Morgan fingerprint density at radius 3 is 1.39 bits per heavy atom. The van der Waals surface area contributed by atoms with Crippen LogP contribution in [0.1, 0.15) is 24.0 Å². The molecule has 10 heteroatoms. The van der Waals surface area contributed by atoms with E-state index in [1.165, 1.54) is 21.6 Å². The van der Waals surface area contributed by atoms with E-state index in [-0.39, 0.29) is 25.2 Å². The molecule has 0 bridgehead atoms. The maximum absolute atomic E-state index is 12.0. The molecule has 0 aliphatic carbocycles. The van der Waals surface area contributed by atoms with Gasteiger partial charge in [0.1, 0.15) is 13.2 Å². The molecule has 8 nitrogen and oxygen atoms in total. The van der Waals surface area contributed by atoms with Gasteiger partial charge in [-0.25, -0.2) is 0 Å². The van der Waals surface area contributed by atoms with Gasteiger partial charge in [-0.15, -0.1) is 0 Å².